The van der Waals surface area contributed by atoms with Gasteiger partial charge >= 0.3 is 0 Å². The van der Waals surface area contributed by atoms with Crippen LogP contribution in [0.2, 0.25) is 0 Å². The third-order valence-electron chi connectivity index (χ3n) is 7.23. The van der Waals surface area contributed by atoms with E-state index in [9.17, 15) is 9.65 Å². The van der Waals surface area contributed by atoms with Crippen molar-refractivity contribution in [2.45, 2.75) is 73.6 Å². The van der Waals surface area contributed by atoms with Gasteiger partial charge in [0.2, 0.25) is 5.95 Å². The number of benzene rings is 1. The Morgan fingerprint density at radius 3 is 2.54 bits per heavy atom. The first-order valence-electron chi connectivity index (χ1n) is 13.5. The molecule has 3 atom stereocenters. The summed E-state index contributed by atoms with van der Waals surface area (Å²) in [4.78, 5) is 16.4. The fourth-order valence-electron chi connectivity index (χ4n) is 5.15. The second-order valence-electron chi connectivity index (χ2n) is 9.69. The third-order valence-corrected chi connectivity index (χ3v) is 8.82. The van der Waals surface area contributed by atoms with E-state index in [4.69, 9.17) is 20.4 Å². The van der Waals surface area contributed by atoms with Crippen molar-refractivity contribution < 1.29 is 9.13 Å². The highest BCUT2D eigenvalue weighted by molar-refractivity contribution is 7.29. The molecule has 2 aliphatic rings. The van der Waals surface area contributed by atoms with Crippen LogP contribution < -0.4 is 15.9 Å². The van der Waals surface area contributed by atoms with Gasteiger partial charge in [-0.1, -0.05) is 41.0 Å². The van der Waals surface area contributed by atoms with Crippen LogP contribution in [0.4, 0.5) is 15.3 Å². The Morgan fingerprint density at radius 2 is 1.90 bits per heavy atom. The average molecular weight is 567 g/mol. The van der Waals surface area contributed by atoms with Gasteiger partial charge < -0.3 is 15.4 Å². The van der Waals surface area contributed by atoms with Gasteiger partial charge in [-0.25, -0.2) is 14.4 Å². The summed E-state index contributed by atoms with van der Waals surface area (Å²) in [7, 11) is 2.80. The summed E-state index contributed by atoms with van der Waals surface area (Å²) >= 11 is 1.07. The average Bonchev–Trinajstić information content (AvgIpc) is 3.64. The number of nitrogens with zero attached hydrogens (tertiary/aromatic N) is 5. The second-order valence-corrected chi connectivity index (χ2v) is 11.3. The molecule has 2 N–H and O–H groups in total. The molecule has 1 saturated heterocycles. The van der Waals surface area contributed by atoms with Gasteiger partial charge in [-0.2, -0.15) is 5.26 Å². The number of hydrogen-bond acceptors (Lipinski definition) is 8. The summed E-state index contributed by atoms with van der Waals surface area (Å²) in [5, 5.41) is 12.3. The molecule has 0 bridgehead atoms. The molecule has 1 fully saturated rings. The maximum absolute atomic E-state index is 14.7. The molecule has 0 saturated carbocycles. The van der Waals surface area contributed by atoms with Crippen LogP contribution in [0.15, 0.2) is 12.4 Å². The highest BCUT2D eigenvalue weighted by Crippen LogP contribution is 2.43. The topological polar surface area (TPSA) is 101 Å². The Morgan fingerprint density at radius 1 is 1.21 bits per heavy atom. The molecule has 10 heteroatoms. The van der Waals surface area contributed by atoms with E-state index in [1.165, 1.54) is 12.6 Å². The first-order chi connectivity index (χ1) is 18.8. The van der Waals surface area contributed by atoms with Gasteiger partial charge in [0, 0.05) is 40.4 Å². The van der Waals surface area contributed by atoms with E-state index in [1.807, 2.05) is 20.0 Å². The molecule has 0 spiro atoms. The molecular weight excluding hydrogens is 530 g/mol. The Bertz CT molecular complexity index is 1570. The van der Waals surface area contributed by atoms with Crippen molar-refractivity contribution in [2.75, 3.05) is 17.2 Å². The van der Waals surface area contributed by atoms with E-state index < -0.39 is 5.82 Å². The lowest BCUT2D eigenvalue weighted by atomic mass is 9.94. The molecule has 6 rings (SSSR count). The van der Waals surface area contributed by atoms with Crippen LogP contribution in [0.5, 0.6) is 0 Å². The number of halogens is 1. The Kier molecular flexibility index (Phi) is 9.00. The van der Waals surface area contributed by atoms with Gasteiger partial charge in [0.1, 0.15) is 11.1 Å². The summed E-state index contributed by atoms with van der Waals surface area (Å²) in [6.45, 7) is 14.5. The zero-order valence-electron chi connectivity index (χ0n) is 23.4. The molecule has 2 aliphatic heterocycles. The van der Waals surface area contributed by atoms with Crippen LogP contribution in [0, 0.1) is 23.1 Å². The van der Waals surface area contributed by atoms with Crippen LogP contribution in [-0.2, 0) is 18.0 Å². The summed E-state index contributed by atoms with van der Waals surface area (Å²) in [6.07, 6.45) is 5.44. The number of pyridine rings is 1. The van der Waals surface area contributed by atoms with Crippen molar-refractivity contribution in [1.82, 2.24) is 15.0 Å². The molecule has 7 nitrogen and oxygen atoms in total. The van der Waals surface area contributed by atoms with E-state index in [0.717, 1.165) is 57.2 Å². The molecule has 5 heterocycles. The quantitative estimate of drug-likeness (QED) is 0.269. The minimum atomic E-state index is -0.488. The predicted molar refractivity (Wildman–Crippen MR) is 163 cm³/mol. The number of nitriles is 1. The van der Waals surface area contributed by atoms with Crippen LogP contribution in [0.25, 0.3) is 32.2 Å². The van der Waals surface area contributed by atoms with Crippen LogP contribution in [-0.4, -0.2) is 27.5 Å². The van der Waals surface area contributed by atoms with Gasteiger partial charge in [-0.15, -0.1) is 20.6 Å². The summed E-state index contributed by atoms with van der Waals surface area (Å²) in [6, 6.07) is 2.50. The molecule has 0 amide bonds. The SMILES string of the molecule is CC.CC1CCN(c2ncc3c4c(c(-c5ncc(F)c6sc(N)c(C#N)c56)c(P)c3n2)COC4)C1C.CCC. The normalized spacial score (nSPS) is 17.9. The molecule has 3 aromatic heterocycles. The van der Waals surface area contributed by atoms with Crippen molar-refractivity contribution in [1.29, 1.82) is 5.26 Å². The molecule has 206 valence electrons. The van der Waals surface area contributed by atoms with Gasteiger partial charge in [0.25, 0.3) is 0 Å². The van der Waals surface area contributed by atoms with E-state index >= 15 is 0 Å². The van der Waals surface area contributed by atoms with Crippen molar-refractivity contribution in [3.8, 4) is 17.3 Å². The summed E-state index contributed by atoms with van der Waals surface area (Å²) < 4.78 is 20.8. The predicted octanol–water partition coefficient (Wildman–Crippen LogP) is 6.71. The minimum Gasteiger partial charge on any atom is -0.389 e. The number of rotatable bonds is 2. The zero-order valence-corrected chi connectivity index (χ0v) is 25.4. The Hall–Kier alpha value is -2.92. The first-order valence-corrected chi connectivity index (χ1v) is 14.9. The number of aromatic nitrogens is 3. The number of ether oxygens (including phenoxy) is 1. The zero-order chi connectivity index (χ0) is 28.4. The Labute approximate surface area is 235 Å². The lowest BCUT2D eigenvalue weighted by molar-refractivity contribution is 0.135. The third kappa shape index (κ3) is 4.95. The van der Waals surface area contributed by atoms with Gasteiger partial charge in [-0.05, 0) is 30.4 Å². The van der Waals surface area contributed by atoms with E-state index in [0.29, 0.717) is 46.9 Å². The number of nitrogens with two attached hydrogens (primary N) is 1. The van der Waals surface area contributed by atoms with Crippen molar-refractivity contribution in [2.24, 2.45) is 5.92 Å². The molecular formula is C29H36FN6OPS. The monoisotopic (exact) mass is 566 g/mol. The Balaban J connectivity index is 0.000000662. The van der Waals surface area contributed by atoms with E-state index in [-0.39, 0.29) is 10.6 Å². The van der Waals surface area contributed by atoms with Crippen molar-refractivity contribution >= 4 is 57.8 Å². The maximum atomic E-state index is 14.7. The molecule has 0 aliphatic carbocycles. The number of hydrogen-bond donors (Lipinski definition) is 1. The van der Waals surface area contributed by atoms with Crippen LogP contribution >= 0.6 is 20.6 Å². The fourth-order valence-corrected chi connectivity index (χ4v) is 6.60. The minimum absolute atomic E-state index is 0.252. The number of nitrogen functional groups attached to an aromatic ring is 1. The summed E-state index contributed by atoms with van der Waals surface area (Å²) in [5.74, 6) is 0.786. The highest BCUT2D eigenvalue weighted by Gasteiger charge is 2.31. The number of anilines is 2. The van der Waals surface area contributed by atoms with E-state index in [1.54, 1.807) is 0 Å². The summed E-state index contributed by atoms with van der Waals surface area (Å²) in [5.41, 5.74) is 10.4. The second kappa shape index (κ2) is 12.1. The molecule has 0 radical (unpaired) electrons. The molecule has 1 aromatic carbocycles. The van der Waals surface area contributed by atoms with E-state index in [2.05, 4.69) is 52.9 Å². The number of thiophene rings is 1. The van der Waals surface area contributed by atoms with Crippen LogP contribution in [0.1, 0.15) is 71.1 Å². The van der Waals surface area contributed by atoms with Gasteiger partial charge in [0.15, 0.2) is 5.82 Å². The molecule has 4 aromatic rings. The fraction of sp³-hybridized carbons (Fsp3) is 0.448. The number of fused-ring (bicyclic) bond motifs is 4. The smallest absolute Gasteiger partial charge is 0.226 e. The lowest BCUT2D eigenvalue weighted by Gasteiger charge is -2.24. The molecule has 39 heavy (non-hydrogen) atoms. The highest BCUT2D eigenvalue weighted by atomic mass is 32.1. The van der Waals surface area contributed by atoms with Crippen molar-refractivity contribution in [3.63, 3.8) is 0 Å². The standard InChI is InChI=1S/C24H22FN6OPS.C3H8.C2H6/c1-10-3-4-31(11(10)2)24-29-6-13-14-8-32-9-15(14)17(21(33)19(13)30-24)20-18-12(5-26)23(27)34-22(18)16(25)7-28-20;1-3-2;1-2/h6-7,10-11H,3-4,8-9,27,33H2,1-2H3;3H2,1-2H3;1-2H3. The maximum Gasteiger partial charge on any atom is 0.226 e. The van der Waals surface area contributed by atoms with Crippen molar-refractivity contribution in [3.05, 3.63) is 34.9 Å². The van der Waals surface area contributed by atoms with Gasteiger partial charge in [0.05, 0.1) is 40.9 Å². The van der Waals surface area contributed by atoms with Crippen LogP contribution in [0.3, 0.4) is 0 Å². The first kappa shape index (κ1) is 29.1. The lowest BCUT2D eigenvalue weighted by Crippen LogP contribution is -2.30. The largest absolute Gasteiger partial charge is 0.389 e. The van der Waals surface area contributed by atoms with Gasteiger partial charge in [-0.3, -0.25) is 4.98 Å². The molecule has 3 unspecified atom stereocenters.